The van der Waals surface area contributed by atoms with Gasteiger partial charge in [-0.15, -0.1) is 11.3 Å². The van der Waals surface area contributed by atoms with Crippen LogP contribution in [0, 0.1) is 5.92 Å². The van der Waals surface area contributed by atoms with E-state index >= 15 is 0 Å². The van der Waals surface area contributed by atoms with Crippen LogP contribution < -0.4 is 5.32 Å². The number of hydrogen-bond acceptors (Lipinski definition) is 3. The molecule has 1 aliphatic heterocycles. The topological polar surface area (TPSA) is 32.3 Å². The Balaban J connectivity index is 1.93. The maximum Gasteiger partial charge on any atom is 0.230 e. The van der Waals surface area contributed by atoms with Crippen LogP contribution >= 0.6 is 11.3 Å². The highest BCUT2D eigenvalue weighted by molar-refractivity contribution is 7.10. The first-order chi connectivity index (χ1) is 8.22. The monoisotopic (exact) mass is 252 g/mol. The molecule has 0 aliphatic carbocycles. The summed E-state index contributed by atoms with van der Waals surface area (Å²) >= 11 is 1.67. The van der Waals surface area contributed by atoms with Gasteiger partial charge in [0.25, 0.3) is 0 Å². The Morgan fingerprint density at radius 1 is 1.71 bits per heavy atom. The van der Waals surface area contributed by atoms with Crippen LogP contribution in [-0.4, -0.2) is 37.5 Å². The van der Waals surface area contributed by atoms with Crippen molar-refractivity contribution in [1.29, 1.82) is 0 Å². The summed E-state index contributed by atoms with van der Waals surface area (Å²) in [5, 5.41) is 5.22. The molecule has 2 atom stereocenters. The summed E-state index contributed by atoms with van der Waals surface area (Å²) in [6.07, 6.45) is 1.13. The molecule has 2 unspecified atom stereocenters. The summed E-state index contributed by atoms with van der Waals surface area (Å²) in [7, 11) is 1.97. The number of thiophene rings is 1. The Hall–Kier alpha value is -0.870. The molecule has 0 aromatic carbocycles. The second-order valence-corrected chi connectivity index (χ2v) is 5.71. The number of likely N-dealkylation sites (tertiary alicyclic amines) is 1. The number of hydrogen-bond donors (Lipinski definition) is 1. The fourth-order valence-electron chi connectivity index (χ4n) is 2.42. The molecule has 0 spiro atoms. The Morgan fingerprint density at radius 3 is 3.18 bits per heavy atom. The molecular formula is C13H20N2OS. The largest absolute Gasteiger partial charge is 0.342 e. The molecule has 17 heavy (non-hydrogen) atoms. The third-order valence-electron chi connectivity index (χ3n) is 3.43. The highest BCUT2D eigenvalue weighted by Gasteiger charge is 2.29. The van der Waals surface area contributed by atoms with Gasteiger partial charge in [-0.2, -0.15) is 0 Å². The van der Waals surface area contributed by atoms with Gasteiger partial charge >= 0.3 is 0 Å². The van der Waals surface area contributed by atoms with E-state index in [-0.39, 0.29) is 11.8 Å². The second kappa shape index (κ2) is 5.65. The van der Waals surface area contributed by atoms with Crippen LogP contribution in [0.25, 0.3) is 0 Å². The zero-order valence-corrected chi connectivity index (χ0v) is 11.3. The van der Waals surface area contributed by atoms with Crippen LogP contribution in [-0.2, 0) is 4.79 Å². The third kappa shape index (κ3) is 2.87. The highest BCUT2D eigenvalue weighted by Crippen LogP contribution is 2.25. The summed E-state index contributed by atoms with van der Waals surface area (Å²) in [6, 6.07) is 4.06. The summed E-state index contributed by atoms with van der Waals surface area (Å²) in [6.45, 7) is 4.85. The molecule has 4 heteroatoms. The average molecular weight is 252 g/mol. The normalized spacial score (nSPS) is 21.8. The molecule has 1 aliphatic rings. The van der Waals surface area contributed by atoms with Gasteiger partial charge < -0.3 is 10.2 Å². The highest BCUT2D eigenvalue weighted by atomic mass is 32.1. The van der Waals surface area contributed by atoms with Gasteiger partial charge in [-0.3, -0.25) is 4.79 Å². The van der Waals surface area contributed by atoms with Crippen molar-refractivity contribution in [3.05, 3.63) is 22.4 Å². The van der Waals surface area contributed by atoms with Crippen LogP contribution in [0.2, 0.25) is 0 Å². The minimum Gasteiger partial charge on any atom is -0.342 e. The van der Waals surface area contributed by atoms with E-state index in [2.05, 4.69) is 5.32 Å². The molecule has 1 aromatic heterocycles. The number of nitrogens with one attached hydrogen (secondary N) is 1. The van der Waals surface area contributed by atoms with Crippen molar-refractivity contribution in [1.82, 2.24) is 10.2 Å². The lowest BCUT2D eigenvalue weighted by atomic mass is 10.1. The molecule has 1 amide bonds. The Morgan fingerprint density at radius 2 is 2.53 bits per heavy atom. The second-order valence-electron chi connectivity index (χ2n) is 4.73. The molecule has 1 fully saturated rings. The first kappa shape index (κ1) is 12.6. The van der Waals surface area contributed by atoms with E-state index in [0.717, 1.165) is 26.1 Å². The summed E-state index contributed by atoms with van der Waals surface area (Å²) < 4.78 is 0. The molecular weight excluding hydrogens is 232 g/mol. The van der Waals surface area contributed by atoms with E-state index < -0.39 is 0 Å². The van der Waals surface area contributed by atoms with E-state index in [1.54, 1.807) is 11.3 Å². The SMILES string of the molecule is CNCC1CCN(C(=O)C(C)c2cccs2)C1. The number of nitrogens with zero attached hydrogens (tertiary/aromatic N) is 1. The Kier molecular flexibility index (Phi) is 4.18. The lowest BCUT2D eigenvalue weighted by Crippen LogP contribution is -2.33. The van der Waals surface area contributed by atoms with E-state index in [1.165, 1.54) is 4.88 Å². The molecule has 2 rings (SSSR count). The van der Waals surface area contributed by atoms with Crippen molar-refractivity contribution in [3.8, 4) is 0 Å². The van der Waals surface area contributed by atoms with Crippen molar-refractivity contribution in [3.63, 3.8) is 0 Å². The third-order valence-corrected chi connectivity index (χ3v) is 4.49. The summed E-state index contributed by atoms with van der Waals surface area (Å²) in [5.41, 5.74) is 0. The van der Waals surface area contributed by atoms with E-state index in [1.807, 2.05) is 36.4 Å². The molecule has 1 saturated heterocycles. The first-order valence-corrected chi connectivity index (χ1v) is 7.07. The van der Waals surface area contributed by atoms with Gasteiger partial charge in [-0.25, -0.2) is 0 Å². The minimum absolute atomic E-state index is 0.0170. The summed E-state index contributed by atoms with van der Waals surface area (Å²) in [5.74, 6) is 0.925. The predicted octanol–water partition coefficient (Wildman–Crippen LogP) is 1.92. The molecule has 2 heterocycles. The fourth-order valence-corrected chi connectivity index (χ4v) is 3.20. The van der Waals surface area contributed by atoms with Gasteiger partial charge in [-0.1, -0.05) is 6.07 Å². The lowest BCUT2D eigenvalue weighted by molar-refractivity contribution is -0.131. The van der Waals surface area contributed by atoms with Crippen LogP contribution in [0.1, 0.15) is 24.1 Å². The van der Waals surface area contributed by atoms with Crippen LogP contribution in [0.4, 0.5) is 0 Å². The standard InChI is InChI=1S/C13H20N2OS/c1-10(12-4-3-7-17-12)13(16)15-6-5-11(9-15)8-14-2/h3-4,7,10-11,14H,5-6,8-9H2,1-2H3. The van der Waals surface area contributed by atoms with Crippen molar-refractivity contribution >= 4 is 17.2 Å². The number of amides is 1. The smallest absolute Gasteiger partial charge is 0.230 e. The van der Waals surface area contributed by atoms with E-state index in [4.69, 9.17) is 0 Å². The maximum absolute atomic E-state index is 12.3. The van der Waals surface area contributed by atoms with E-state index in [0.29, 0.717) is 5.92 Å². The zero-order valence-electron chi connectivity index (χ0n) is 10.5. The van der Waals surface area contributed by atoms with E-state index in [9.17, 15) is 4.79 Å². The lowest BCUT2D eigenvalue weighted by Gasteiger charge is -2.20. The van der Waals surface area contributed by atoms with Crippen molar-refractivity contribution in [2.75, 3.05) is 26.7 Å². The van der Waals surface area contributed by atoms with Crippen LogP contribution in [0.15, 0.2) is 17.5 Å². The Labute approximate surface area is 107 Å². The van der Waals surface area contributed by atoms with Gasteiger partial charge in [-0.05, 0) is 44.3 Å². The fraction of sp³-hybridized carbons (Fsp3) is 0.615. The quantitative estimate of drug-likeness (QED) is 0.888. The van der Waals surface area contributed by atoms with Gasteiger partial charge in [0, 0.05) is 18.0 Å². The molecule has 1 N–H and O–H groups in total. The summed E-state index contributed by atoms with van der Waals surface area (Å²) in [4.78, 5) is 15.5. The molecule has 1 aromatic rings. The number of carbonyl (C=O) groups is 1. The van der Waals surface area contributed by atoms with Gasteiger partial charge in [0.05, 0.1) is 5.92 Å². The average Bonchev–Trinajstić information content (AvgIpc) is 2.98. The zero-order chi connectivity index (χ0) is 12.3. The van der Waals surface area contributed by atoms with Gasteiger partial charge in [0.15, 0.2) is 0 Å². The number of rotatable bonds is 4. The molecule has 94 valence electrons. The van der Waals surface area contributed by atoms with Crippen LogP contribution in [0.5, 0.6) is 0 Å². The molecule has 0 radical (unpaired) electrons. The van der Waals surface area contributed by atoms with Gasteiger partial charge in [0.2, 0.25) is 5.91 Å². The maximum atomic E-state index is 12.3. The van der Waals surface area contributed by atoms with Crippen molar-refractivity contribution in [2.24, 2.45) is 5.92 Å². The molecule has 0 saturated carbocycles. The molecule has 3 nitrogen and oxygen atoms in total. The molecule has 0 bridgehead atoms. The van der Waals surface area contributed by atoms with Crippen LogP contribution in [0.3, 0.4) is 0 Å². The minimum atomic E-state index is 0.0170. The predicted molar refractivity (Wildman–Crippen MR) is 71.3 cm³/mol. The van der Waals surface area contributed by atoms with Gasteiger partial charge in [0.1, 0.15) is 0 Å². The van der Waals surface area contributed by atoms with Crippen molar-refractivity contribution < 1.29 is 4.79 Å². The number of carbonyl (C=O) groups excluding carboxylic acids is 1. The van der Waals surface area contributed by atoms with Crippen molar-refractivity contribution in [2.45, 2.75) is 19.3 Å². The Bertz CT molecular complexity index is 364. The first-order valence-electron chi connectivity index (χ1n) is 6.19.